The van der Waals surface area contributed by atoms with Crippen LogP contribution in [0.4, 0.5) is 0 Å². The molecule has 0 unspecified atom stereocenters. The average Bonchev–Trinajstić information content (AvgIpc) is 2.99. The number of hydrogen-bond donors (Lipinski definition) is 1. The van der Waals surface area contributed by atoms with Gasteiger partial charge in [0.2, 0.25) is 5.69 Å². The predicted molar refractivity (Wildman–Crippen MR) is 113 cm³/mol. The van der Waals surface area contributed by atoms with E-state index < -0.39 is 0 Å². The molecule has 0 atom stereocenters. The van der Waals surface area contributed by atoms with Gasteiger partial charge in [0.15, 0.2) is 5.69 Å². The van der Waals surface area contributed by atoms with Gasteiger partial charge in [0, 0.05) is 11.1 Å². The second-order valence-corrected chi connectivity index (χ2v) is 7.32. The smallest absolute Gasteiger partial charge is 0.300 e. The number of imidazole rings is 1. The highest BCUT2D eigenvalue weighted by molar-refractivity contribution is 5.76. The Balaban J connectivity index is 1.85. The molecule has 4 nitrogen and oxygen atoms in total. The molecule has 1 N–H and O–H groups in total. The zero-order chi connectivity index (χ0) is 19.8. The first-order valence-corrected chi connectivity index (χ1v) is 10.4. The summed E-state index contributed by atoms with van der Waals surface area (Å²) in [4.78, 5) is 0. The van der Waals surface area contributed by atoms with E-state index in [-0.39, 0.29) is 0 Å². The van der Waals surface area contributed by atoms with E-state index in [1.165, 1.54) is 32.1 Å². The van der Waals surface area contributed by atoms with Crippen molar-refractivity contribution in [2.75, 3.05) is 0 Å². The van der Waals surface area contributed by atoms with Crippen molar-refractivity contribution in [3.63, 3.8) is 0 Å². The highest BCUT2D eigenvalue weighted by atomic mass is 16.5. The Kier molecular flexibility index (Phi) is 7.12. The van der Waals surface area contributed by atoms with Gasteiger partial charge in [-0.05, 0) is 11.2 Å². The van der Waals surface area contributed by atoms with Crippen molar-refractivity contribution in [2.45, 2.75) is 58.3 Å². The molecular formula is C24H30N2O2. The molecule has 0 radical (unpaired) electrons. The fourth-order valence-corrected chi connectivity index (χ4v) is 3.69. The summed E-state index contributed by atoms with van der Waals surface area (Å²) < 4.78 is 2.01. The SMILES string of the molecule is CCCCCCCCCc1n(O)c(-c2ccccc2)c(-c2ccccc2)[n+]1[O-]. The van der Waals surface area contributed by atoms with Gasteiger partial charge < -0.3 is 10.4 Å². The number of hydrogen-bond acceptors (Lipinski definition) is 2. The van der Waals surface area contributed by atoms with Gasteiger partial charge >= 0.3 is 5.82 Å². The maximum Gasteiger partial charge on any atom is 0.300 e. The van der Waals surface area contributed by atoms with Crippen molar-refractivity contribution in [3.8, 4) is 22.5 Å². The summed E-state index contributed by atoms with van der Waals surface area (Å²) in [6.07, 6.45) is 8.81. The fraction of sp³-hybridized carbons (Fsp3) is 0.375. The second kappa shape index (κ2) is 9.98. The minimum Gasteiger partial charge on any atom is -0.710 e. The molecule has 2 aromatic carbocycles. The molecule has 0 aliphatic heterocycles. The minimum absolute atomic E-state index is 0.409. The molecule has 0 amide bonds. The van der Waals surface area contributed by atoms with Gasteiger partial charge in [0.05, 0.1) is 6.42 Å². The van der Waals surface area contributed by atoms with Crippen molar-refractivity contribution >= 4 is 0 Å². The predicted octanol–water partition coefficient (Wildman–Crippen LogP) is 5.99. The Labute approximate surface area is 167 Å². The third-order valence-electron chi connectivity index (χ3n) is 5.22. The van der Waals surface area contributed by atoms with Crippen LogP contribution in [0, 0.1) is 5.21 Å². The second-order valence-electron chi connectivity index (χ2n) is 7.32. The molecule has 1 heterocycles. The van der Waals surface area contributed by atoms with Gasteiger partial charge in [-0.25, -0.2) is 4.73 Å². The zero-order valence-corrected chi connectivity index (χ0v) is 16.7. The van der Waals surface area contributed by atoms with Crippen molar-refractivity contribution in [2.24, 2.45) is 0 Å². The number of unbranched alkanes of at least 4 members (excludes halogenated alkanes) is 6. The molecule has 28 heavy (non-hydrogen) atoms. The van der Waals surface area contributed by atoms with E-state index in [4.69, 9.17) is 0 Å². The van der Waals surface area contributed by atoms with Crippen molar-refractivity contribution in [3.05, 3.63) is 71.7 Å². The normalized spacial score (nSPS) is 11.0. The van der Waals surface area contributed by atoms with Gasteiger partial charge in [-0.1, -0.05) is 106 Å². The quantitative estimate of drug-likeness (QED) is 0.204. The number of rotatable bonds is 10. The molecule has 0 fully saturated rings. The highest BCUT2D eigenvalue weighted by Gasteiger charge is 2.29. The maximum atomic E-state index is 13.1. The molecule has 0 saturated heterocycles. The van der Waals surface area contributed by atoms with Crippen LogP contribution in [0.3, 0.4) is 0 Å². The van der Waals surface area contributed by atoms with Crippen LogP contribution in [0.5, 0.6) is 0 Å². The van der Waals surface area contributed by atoms with Crippen LogP contribution in [0.25, 0.3) is 22.5 Å². The van der Waals surface area contributed by atoms with E-state index in [1.807, 2.05) is 60.7 Å². The van der Waals surface area contributed by atoms with Crippen LogP contribution in [-0.4, -0.2) is 9.94 Å². The van der Waals surface area contributed by atoms with Gasteiger partial charge in [-0.3, -0.25) is 0 Å². The van der Waals surface area contributed by atoms with E-state index in [1.54, 1.807) is 0 Å². The first-order valence-electron chi connectivity index (χ1n) is 10.4. The minimum atomic E-state index is 0.409. The Bertz CT molecular complexity index is 794. The Morgan fingerprint density at radius 2 is 1.32 bits per heavy atom. The average molecular weight is 379 g/mol. The Morgan fingerprint density at radius 1 is 0.786 bits per heavy atom. The summed E-state index contributed by atoms with van der Waals surface area (Å²) in [5.41, 5.74) is 2.70. The van der Waals surface area contributed by atoms with Gasteiger partial charge in [-0.15, -0.1) is 0 Å². The fourth-order valence-electron chi connectivity index (χ4n) is 3.69. The summed E-state index contributed by atoms with van der Waals surface area (Å²) >= 11 is 0. The van der Waals surface area contributed by atoms with Gasteiger partial charge in [0.1, 0.15) is 0 Å². The lowest BCUT2D eigenvalue weighted by molar-refractivity contribution is -0.604. The molecular weight excluding hydrogens is 348 g/mol. The molecule has 148 valence electrons. The van der Waals surface area contributed by atoms with E-state index in [0.717, 1.165) is 33.4 Å². The summed E-state index contributed by atoms with van der Waals surface area (Å²) in [5, 5.41) is 24.0. The molecule has 3 rings (SSSR count). The molecule has 3 aromatic rings. The first-order chi connectivity index (χ1) is 13.7. The lowest BCUT2D eigenvalue weighted by Gasteiger charge is -2.07. The van der Waals surface area contributed by atoms with E-state index in [9.17, 15) is 10.4 Å². The van der Waals surface area contributed by atoms with E-state index >= 15 is 0 Å². The van der Waals surface area contributed by atoms with Gasteiger partial charge in [0.25, 0.3) is 0 Å². The van der Waals surface area contributed by atoms with E-state index in [2.05, 4.69) is 6.92 Å². The Morgan fingerprint density at radius 3 is 1.93 bits per heavy atom. The van der Waals surface area contributed by atoms with Crippen LogP contribution in [0.15, 0.2) is 60.7 Å². The maximum absolute atomic E-state index is 13.1. The molecule has 0 saturated carbocycles. The van der Waals surface area contributed by atoms with Crippen LogP contribution < -0.4 is 4.73 Å². The largest absolute Gasteiger partial charge is 0.710 e. The van der Waals surface area contributed by atoms with Crippen LogP contribution in [-0.2, 0) is 6.42 Å². The number of benzene rings is 2. The van der Waals surface area contributed by atoms with Crippen molar-refractivity contribution in [1.29, 1.82) is 0 Å². The first kappa shape index (κ1) is 20.0. The summed E-state index contributed by atoms with van der Waals surface area (Å²) in [5.74, 6) is 0.409. The molecule has 0 aliphatic rings. The Hall–Kier alpha value is -2.75. The molecule has 1 aromatic heterocycles. The van der Waals surface area contributed by atoms with Gasteiger partial charge in [-0.2, -0.15) is 0 Å². The lowest BCUT2D eigenvalue weighted by Crippen LogP contribution is -2.32. The summed E-state index contributed by atoms with van der Waals surface area (Å²) in [6, 6.07) is 19.2. The lowest BCUT2D eigenvalue weighted by atomic mass is 10.1. The topological polar surface area (TPSA) is 52.1 Å². The third kappa shape index (κ3) is 4.56. The van der Waals surface area contributed by atoms with Crippen LogP contribution in [0.1, 0.15) is 57.7 Å². The summed E-state index contributed by atoms with van der Waals surface area (Å²) in [6.45, 7) is 2.22. The van der Waals surface area contributed by atoms with E-state index in [0.29, 0.717) is 23.6 Å². The molecule has 0 bridgehead atoms. The van der Waals surface area contributed by atoms with Crippen LogP contribution in [0.2, 0.25) is 0 Å². The standard InChI is InChI=1S/C24H30N2O2/c1-2-3-4-5-6-7-14-19-22-25(27)23(20-15-10-8-11-16-20)24(26(22)28)21-17-12-9-13-18-21/h8-13,15-18,27H,2-7,14,19H2,1H3. The molecule has 0 aliphatic carbocycles. The third-order valence-corrected chi connectivity index (χ3v) is 5.22. The molecule has 0 spiro atoms. The van der Waals surface area contributed by atoms with Crippen molar-refractivity contribution in [1.82, 2.24) is 4.73 Å². The van der Waals surface area contributed by atoms with Crippen molar-refractivity contribution < 1.29 is 9.94 Å². The summed E-state index contributed by atoms with van der Waals surface area (Å²) in [7, 11) is 0. The highest BCUT2D eigenvalue weighted by Crippen LogP contribution is 2.31. The van der Waals surface area contributed by atoms with Crippen LogP contribution >= 0.6 is 0 Å². The molecule has 4 heteroatoms. The number of nitrogens with zero attached hydrogens (tertiary/aromatic N) is 2. The number of aromatic nitrogens is 2. The monoisotopic (exact) mass is 378 g/mol. The zero-order valence-electron chi connectivity index (χ0n) is 16.7.